The first kappa shape index (κ1) is 7.47. The number of isothiocyanates is 1. The van der Waals surface area contributed by atoms with E-state index in [0.29, 0.717) is 13.0 Å². The van der Waals surface area contributed by atoms with Crippen LogP contribution in [0.3, 0.4) is 0 Å². The molecule has 44 valence electrons. The van der Waals surface area contributed by atoms with Crippen LogP contribution in [0.15, 0.2) is 4.99 Å². The third kappa shape index (κ3) is 5.47. The van der Waals surface area contributed by atoms with Gasteiger partial charge in [0.1, 0.15) is 6.29 Å². The topological polar surface area (TPSA) is 29.4 Å². The molecule has 0 unspecified atom stereocenters. The van der Waals surface area contributed by atoms with Crippen LogP contribution in [0.5, 0.6) is 0 Å². The van der Waals surface area contributed by atoms with Gasteiger partial charge in [-0.25, -0.2) is 4.99 Å². The molecule has 0 atom stereocenters. The molecule has 0 aromatic heterocycles. The van der Waals surface area contributed by atoms with E-state index in [4.69, 9.17) is 0 Å². The highest BCUT2D eigenvalue weighted by Gasteiger charge is 1.79. The average Bonchev–Trinajstić information content (AvgIpc) is 1.81. The summed E-state index contributed by atoms with van der Waals surface area (Å²) in [6, 6.07) is 0. The minimum atomic E-state index is 0.570. The number of rotatable bonds is 4. The summed E-state index contributed by atoms with van der Waals surface area (Å²) in [6.07, 6.45) is 2.23. The van der Waals surface area contributed by atoms with Gasteiger partial charge in [-0.15, -0.1) is 0 Å². The van der Waals surface area contributed by atoms with Gasteiger partial charge < -0.3 is 4.79 Å². The van der Waals surface area contributed by atoms with E-state index in [1.165, 1.54) is 0 Å². The predicted molar refractivity (Wildman–Crippen MR) is 35.2 cm³/mol. The van der Waals surface area contributed by atoms with E-state index < -0.39 is 0 Å². The Hall–Kier alpha value is -0.530. The lowest BCUT2D eigenvalue weighted by Gasteiger charge is -1.81. The fraction of sp³-hybridized carbons (Fsp3) is 0.600. The largest absolute Gasteiger partial charge is 0.303 e. The van der Waals surface area contributed by atoms with Crippen LogP contribution in [0.2, 0.25) is 0 Å². The van der Waals surface area contributed by atoms with Crippen LogP contribution < -0.4 is 0 Å². The first-order chi connectivity index (χ1) is 3.91. The number of nitrogens with zero attached hydrogens (tertiary/aromatic N) is 1. The maximum atomic E-state index is 9.68. The molecule has 0 radical (unpaired) electrons. The van der Waals surface area contributed by atoms with Crippen molar-refractivity contribution in [3.05, 3.63) is 0 Å². The Morgan fingerprint density at radius 2 is 2.50 bits per heavy atom. The Labute approximate surface area is 53.6 Å². The molecule has 0 saturated heterocycles. The van der Waals surface area contributed by atoms with Crippen LogP contribution in [0.4, 0.5) is 0 Å². The molecule has 0 aromatic rings. The Morgan fingerprint density at radius 1 is 1.75 bits per heavy atom. The Bertz CT molecular complexity index is 107. The smallest absolute Gasteiger partial charge is 0.120 e. The van der Waals surface area contributed by atoms with E-state index in [9.17, 15) is 4.79 Å². The molecule has 0 heterocycles. The number of unbranched alkanes of at least 4 members (excludes halogenated alkanes) is 1. The lowest BCUT2D eigenvalue weighted by Crippen LogP contribution is -1.79. The molecule has 0 aliphatic rings. The van der Waals surface area contributed by atoms with Gasteiger partial charge in [0, 0.05) is 13.0 Å². The van der Waals surface area contributed by atoms with Gasteiger partial charge in [-0.3, -0.25) is 0 Å². The Balaban J connectivity index is 2.93. The molecule has 0 rings (SSSR count). The van der Waals surface area contributed by atoms with Gasteiger partial charge in [0.15, 0.2) is 0 Å². The molecule has 8 heavy (non-hydrogen) atoms. The predicted octanol–water partition coefficient (Wildman–Crippen LogP) is 1.07. The maximum Gasteiger partial charge on any atom is 0.120 e. The molecular formula is C5H7NOS. The monoisotopic (exact) mass is 129 g/mol. The van der Waals surface area contributed by atoms with Gasteiger partial charge in [-0.1, -0.05) is 0 Å². The molecular weight excluding hydrogens is 122 g/mol. The summed E-state index contributed by atoms with van der Waals surface area (Å²) < 4.78 is 0. The number of aldehydes is 1. The zero-order valence-corrected chi connectivity index (χ0v) is 5.28. The number of aliphatic imine (C=N–C) groups is 1. The van der Waals surface area contributed by atoms with Gasteiger partial charge in [0.25, 0.3) is 0 Å². The van der Waals surface area contributed by atoms with Crippen LogP contribution in [0, 0.1) is 0 Å². The van der Waals surface area contributed by atoms with Crippen molar-refractivity contribution < 1.29 is 4.79 Å². The Kier molecular flexibility index (Phi) is 6.04. The van der Waals surface area contributed by atoms with Crippen molar-refractivity contribution in [2.24, 2.45) is 4.99 Å². The van der Waals surface area contributed by atoms with Crippen molar-refractivity contribution in [2.45, 2.75) is 12.8 Å². The maximum absolute atomic E-state index is 9.68. The van der Waals surface area contributed by atoms with Crippen LogP contribution >= 0.6 is 12.2 Å². The fourth-order valence-electron chi connectivity index (χ4n) is 0.299. The van der Waals surface area contributed by atoms with E-state index >= 15 is 0 Å². The summed E-state index contributed by atoms with van der Waals surface area (Å²) in [4.78, 5) is 13.3. The van der Waals surface area contributed by atoms with Crippen molar-refractivity contribution in [3.63, 3.8) is 0 Å². The fourth-order valence-corrected chi connectivity index (χ4v) is 0.391. The quantitative estimate of drug-likeness (QED) is 0.246. The van der Waals surface area contributed by atoms with Gasteiger partial charge in [-0.2, -0.15) is 0 Å². The lowest BCUT2D eigenvalue weighted by molar-refractivity contribution is -0.107. The highest BCUT2D eigenvalue weighted by Crippen LogP contribution is 1.82. The number of thiocarbonyl (C=S) groups is 1. The minimum Gasteiger partial charge on any atom is -0.303 e. The molecule has 0 saturated carbocycles. The summed E-state index contributed by atoms with van der Waals surface area (Å²) in [5.41, 5.74) is 0. The third-order valence-electron chi connectivity index (χ3n) is 0.656. The van der Waals surface area contributed by atoms with E-state index in [1.54, 1.807) is 0 Å². The zero-order valence-electron chi connectivity index (χ0n) is 4.46. The van der Waals surface area contributed by atoms with Gasteiger partial charge >= 0.3 is 0 Å². The Morgan fingerprint density at radius 3 is 3.00 bits per heavy atom. The first-order valence-electron chi connectivity index (χ1n) is 2.39. The van der Waals surface area contributed by atoms with Crippen LogP contribution in [-0.4, -0.2) is 18.0 Å². The molecule has 3 heteroatoms. The van der Waals surface area contributed by atoms with E-state index in [-0.39, 0.29) is 0 Å². The van der Waals surface area contributed by atoms with Gasteiger partial charge in [-0.05, 0) is 18.6 Å². The second-order valence-electron chi connectivity index (χ2n) is 1.28. The van der Waals surface area contributed by atoms with E-state index in [0.717, 1.165) is 12.7 Å². The highest BCUT2D eigenvalue weighted by atomic mass is 32.1. The summed E-state index contributed by atoms with van der Waals surface area (Å²) in [5.74, 6) is 0. The number of hydrogen-bond donors (Lipinski definition) is 0. The van der Waals surface area contributed by atoms with Crippen molar-refractivity contribution in [2.75, 3.05) is 6.54 Å². The van der Waals surface area contributed by atoms with Crippen LogP contribution in [0.25, 0.3) is 0 Å². The molecule has 0 aliphatic heterocycles. The molecule has 0 aliphatic carbocycles. The van der Waals surface area contributed by atoms with Crippen LogP contribution in [-0.2, 0) is 4.79 Å². The van der Waals surface area contributed by atoms with Gasteiger partial charge in [0.05, 0.1) is 5.16 Å². The van der Waals surface area contributed by atoms with Crippen molar-refractivity contribution in [1.82, 2.24) is 0 Å². The highest BCUT2D eigenvalue weighted by molar-refractivity contribution is 7.78. The molecule has 0 amide bonds. The summed E-state index contributed by atoms with van der Waals surface area (Å²) in [7, 11) is 0. The lowest BCUT2D eigenvalue weighted by atomic mass is 10.3. The summed E-state index contributed by atoms with van der Waals surface area (Å²) >= 11 is 4.30. The second-order valence-corrected chi connectivity index (χ2v) is 1.46. The zero-order chi connectivity index (χ0) is 6.24. The SMILES string of the molecule is O=CCCCN=C=S. The number of carbonyl (C=O) groups is 1. The van der Waals surface area contributed by atoms with Crippen LogP contribution in [0.1, 0.15) is 12.8 Å². The molecule has 0 bridgehead atoms. The average molecular weight is 129 g/mol. The first-order valence-corrected chi connectivity index (χ1v) is 2.80. The van der Waals surface area contributed by atoms with E-state index in [2.05, 4.69) is 22.4 Å². The normalized spacial score (nSPS) is 7.50. The molecule has 0 N–H and O–H groups in total. The van der Waals surface area contributed by atoms with Gasteiger partial charge in [0.2, 0.25) is 0 Å². The minimum absolute atomic E-state index is 0.570. The van der Waals surface area contributed by atoms with E-state index in [1.807, 2.05) is 0 Å². The van der Waals surface area contributed by atoms with Crippen molar-refractivity contribution in [1.29, 1.82) is 0 Å². The third-order valence-corrected chi connectivity index (χ3v) is 0.786. The molecule has 2 nitrogen and oxygen atoms in total. The number of carbonyl (C=O) groups excluding carboxylic acids is 1. The molecule has 0 fully saturated rings. The standard InChI is InChI=1S/C5H7NOS/c7-4-2-1-3-6-5-8/h4H,1-3H2. The number of hydrogen-bond acceptors (Lipinski definition) is 3. The van der Waals surface area contributed by atoms with Crippen molar-refractivity contribution in [3.8, 4) is 0 Å². The summed E-state index contributed by atoms with van der Waals surface area (Å²) in [6.45, 7) is 0.627. The second kappa shape index (κ2) is 6.47. The molecule has 0 aromatic carbocycles. The van der Waals surface area contributed by atoms with Crippen molar-refractivity contribution >= 4 is 23.7 Å². The molecule has 0 spiro atoms. The summed E-state index contributed by atoms with van der Waals surface area (Å²) in [5, 5.41) is 2.22.